The fourth-order valence-corrected chi connectivity index (χ4v) is 8.84. The number of H-pyrrole nitrogens is 1. The number of aromatic nitrogens is 2. The summed E-state index contributed by atoms with van der Waals surface area (Å²) >= 11 is 0. The van der Waals surface area contributed by atoms with E-state index in [1.165, 1.54) is 12.5 Å². The maximum absolute atomic E-state index is 14.2. The van der Waals surface area contributed by atoms with Gasteiger partial charge in [-0.1, -0.05) is 0 Å². The largest absolute Gasteiger partial charge is 0.481 e. The van der Waals surface area contributed by atoms with Crippen molar-refractivity contribution in [1.29, 1.82) is 0 Å². The molecule has 1 aromatic rings. The summed E-state index contributed by atoms with van der Waals surface area (Å²) in [6.07, 6.45) is -5.16. The number of aliphatic hydroxyl groups is 4. The summed E-state index contributed by atoms with van der Waals surface area (Å²) in [4.78, 5) is 231. The molecular formula is C52H79N17O27. The second kappa shape index (κ2) is 41.1. The van der Waals surface area contributed by atoms with Crippen LogP contribution in [-0.4, -0.2) is 285 Å². The molecule has 44 heteroatoms. The predicted molar refractivity (Wildman–Crippen MR) is 315 cm³/mol. The molecule has 0 unspecified atom stereocenters. The molecule has 1 fully saturated rings. The van der Waals surface area contributed by atoms with Gasteiger partial charge in [0.2, 0.25) is 65.0 Å². The van der Waals surface area contributed by atoms with E-state index >= 15 is 0 Å². The van der Waals surface area contributed by atoms with Crippen LogP contribution in [0.1, 0.15) is 82.7 Å². The third kappa shape index (κ3) is 28.6. The Hall–Kier alpha value is -10.7. The number of aliphatic imine (C=N–C) groups is 1. The first kappa shape index (κ1) is 81.4. The van der Waals surface area contributed by atoms with Gasteiger partial charge in [0.25, 0.3) is 0 Å². The fourth-order valence-electron chi connectivity index (χ4n) is 8.84. The highest BCUT2D eigenvalue weighted by Crippen LogP contribution is 2.21. The molecule has 0 spiro atoms. The standard InChI is InChI=1S/C52H79N17O27/c53-23(3-1-11-57-52(54)55)40(84)62-27(13-22-16-56-21-58-22)43(87)63-28(14-38(80)81)44(88)59-24(5-8-35(74)75)41(85)65-31(18-71)48(92)66-30(17-70)47(91)64-29(15-39(82)83)45(89)61-26(7-10-37(78)79)50(94)69-12-2-4-34(69)49(93)67-32(19-72)46(90)60-25(6-9-36(76)77)42(86)68-33(20-73)51(95)96/h16,21,23-34,70-73H,1-15,17-20,53H2,(H,56,58)(H,59,88)(H,60,90)(H,61,89)(H,62,84)(H,63,87)(H,64,91)(H,65,85)(H,66,92)(H,67,93)(H,68,86)(H,74,75)(H,76,77)(H,78,79)(H,80,81)(H,82,83)(H,95,96)(H4,54,55,57)/t23-,24-,25-,26-,27-,28-,29-,30-,31-,32-,33-,34-/m0/s1. The smallest absolute Gasteiger partial charge is 0.328 e. The minimum Gasteiger partial charge on any atom is -0.481 e. The fraction of sp³-hybridized carbons (Fsp3) is 0.596. The maximum Gasteiger partial charge on any atom is 0.328 e. The minimum absolute atomic E-state index is 0.0122. The molecule has 1 aliphatic heterocycles. The van der Waals surface area contributed by atoms with Crippen molar-refractivity contribution in [1.82, 2.24) is 68.0 Å². The van der Waals surface area contributed by atoms with Crippen LogP contribution in [0.25, 0.3) is 0 Å². The molecule has 1 aliphatic rings. The highest BCUT2D eigenvalue weighted by atomic mass is 16.4. The number of hydrogen-bond donors (Lipinski definition) is 24. The van der Waals surface area contributed by atoms with Gasteiger partial charge in [0.15, 0.2) is 5.96 Å². The topological polar surface area (TPSA) is 735 Å². The first-order chi connectivity index (χ1) is 45.2. The number of nitrogens with zero attached hydrogens (tertiary/aromatic N) is 3. The number of aliphatic carboxylic acids is 6. The molecule has 534 valence electrons. The number of nitrogens with one attached hydrogen (secondary N) is 11. The van der Waals surface area contributed by atoms with E-state index < -0.39 is 251 Å². The molecule has 1 aromatic heterocycles. The molecule has 0 aromatic carbocycles. The number of imidazole rings is 1. The van der Waals surface area contributed by atoms with Crippen molar-refractivity contribution in [3.8, 4) is 0 Å². The third-order valence-electron chi connectivity index (χ3n) is 13.8. The molecule has 44 nitrogen and oxygen atoms in total. The Morgan fingerprint density at radius 2 is 0.865 bits per heavy atom. The van der Waals surface area contributed by atoms with Crippen molar-refractivity contribution in [2.75, 3.05) is 39.5 Å². The number of nitrogens with two attached hydrogens (primary N) is 3. The van der Waals surface area contributed by atoms with Crippen molar-refractivity contribution < 1.29 is 133 Å². The van der Waals surface area contributed by atoms with Crippen LogP contribution < -0.4 is 70.4 Å². The van der Waals surface area contributed by atoms with Crippen molar-refractivity contribution in [3.63, 3.8) is 0 Å². The molecule has 12 atom stereocenters. The van der Waals surface area contributed by atoms with Crippen molar-refractivity contribution in [3.05, 3.63) is 18.2 Å². The predicted octanol–water partition coefficient (Wildman–Crippen LogP) is -12.2. The minimum atomic E-state index is -2.26. The van der Waals surface area contributed by atoms with Gasteiger partial charge in [0.05, 0.1) is 51.6 Å². The highest BCUT2D eigenvalue weighted by molar-refractivity contribution is 6.01. The van der Waals surface area contributed by atoms with Crippen LogP contribution in [0.2, 0.25) is 0 Å². The van der Waals surface area contributed by atoms with Crippen LogP contribution in [0.3, 0.4) is 0 Å². The summed E-state index contributed by atoms with van der Waals surface area (Å²) in [5.41, 5.74) is 16.9. The summed E-state index contributed by atoms with van der Waals surface area (Å²) in [6.45, 7) is -5.30. The number of aliphatic hydroxyl groups excluding tert-OH is 4. The Morgan fingerprint density at radius 3 is 1.27 bits per heavy atom. The number of amides is 11. The lowest BCUT2D eigenvalue weighted by molar-refractivity contribution is -0.145. The van der Waals surface area contributed by atoms with Gasteiger partial charge < -0.3 is 131 Å². The Morgan fingerprint density at radius 1 is 0.490 bits per heavy atom. The molecular weight excluding hydrogens is 1290 g/mol. The second-order valence-electron chi connectivity index (χ2n) is 21.2. The molecule has 2 heterocycles. The monoisotopic (exact) mass is 1370 g/mol. The van der Waals surface area contributed by atoms with Crippen LogP contribution >= 0.6 is 0 Å². The van der Waals surface area contributed by atoms with E-state index in [-0.39, 0.29) is 56.8 Å². The van der Waals surface area contributed by atoms with Gasteiger partial charge >= 0.3 is 35.8 Å². The van der Waals surface area contributed by atoms with Gasteiger partial charge in [0, 0.05) is 50.7 Å². The molecule has 0 saturated carbocycles. The Labute approximate surface area is 542 Å². The van der Waals surface area contributed by atoms with Gasteiger partial charge in [-0.3, -0.25) is 81.7 Å². The van der Waals surface area contributed by atoms with Crippen LogP contribution in [0.4, 0.5) is 0 Å². The first-order valence-electron chi connectivity index (χ1n) is 29.0. The summed E-state index contributed by atoms with van der Waals surface area (Å²) < 4.78 is 0. The Kier molecular flexibility index (Phi) is 34.8. The number of likely N-dealkylation sites (tertiary alicyclic amines) is 1. The average molecular weight is 1370 g/mol. The van der Waals surface area contributed by atoms with Gasteiger partial charge in [0.1, 0.15) is 66.5 Å². The summed E-state index contributed by atoms with van der Waals surface area (Å²) in [5.74, 6) is -24.6. The van der Waals surface area contributed by atoms with Crippen LogP contribution in [-0.2, 0) is 87.9 Å². The molecule has 96 heavy (non-hydrogen) atoms. The lowest BCUT2D eigenvalue weighted by Gasteiger charge is -2.30. The number of hydrogen-bond acceptors (Lipinski definition) is 24. The first-order valence-corrected chi connectivity index (χ1v) is 29.0. The van der Waals surface area contributed by atoms with E-state index in [2.05, 4.69) is 46.9 Å². The van der Waals surface area contributed by atoms with Gasteiger partial charge in [-0.05, 0) is 44.9 Å². The average Bonchev–Trinajstić information content (AvgIpc) is 1.58. The van der Waals surface area contributed by atoms with E-state index in [9.17, 15) is 127 Å². The third-order valence-corrected chi connectivity index (χ3v) is 13.8. The molecule has 1 saturated heterocycles. The lowest BCUT2D eigenvalue weighted by Crippen LogP contribution is -2.62. The number of rotatable bonds is 45. The second-order valence-corrected chi connectivity index (χ2v) is 21.2. The van der Waals surface area contributed by atoms with Gasteiger partial charge in [-0.15, -0.1) is 0 Å². The van der Waals surface area contributed by atoms with Crippen LogP contribution in [0.5, 0.6) is 0 Å². The number of carboxylic acids is 6. The zero-order chi connectivity index (χ0) is 72.5. The van der Waals surface area contributed by atoms with Gasteiger partial charge in [-0.2, -0.15) is 0 Å². The van der Waals surface area contributed by atoms with E-state index in [0.717, 1.165) is 4.90 Å². The molecule has 0 aliphatic carbocycles. The summed E-state index contributed by atoms with van der Waals surface area (Å²) in [5, 5.41) is 117. The number of aromatic amines is 1. The van der Waals surface area contributed by atoms with Crippen LogP contribution in [0, 0.1) is 0 Å². The van der Waals surface area contributed by atoms with Crippen molar-refractivity contribution in [2.45, 2.75) is 156 Å². The normalized spacial score (nSPS) is 15.9. The van der Waals surface area contributed by atoms with E-state index in [0.29, 0.717) is 0 Å². The Bertz CT molecular complexity index is 2990. The SMILES string of the molecule is NC(N)=NCCC[C@H](N)C(=O)N[C@@H](Cc1cnc[nH]1)C(=O)N[C@@H](CC(=O)O)C(=O)N[C@@H](CCC(=O)O)C(=O)N[C@@H](CO)C(=O)N[C@@H](CO)C(=O)N[C@@H](CC(=O)O)C(=O)N[C@@H](CCC(=O)O)C(=O)N1CCC[C@H]1C(=O)N[C@@H](CO)C(=O)N[C@@H](CCC(=O)O)C(=O)N[C@@H](CO)C(=O)O. The molecule has 2 rings (SSSR count). The van der Waals surface area contributed by atoms with Gasteiger partial charge in [-0.25, -0.2) is 9.78 Å². The zero-order valence-corrected chi connectivity index (χ0v) is 51.0. The van der Waals surface area contributed by atoms with Crippen LogP contribution in [0.15, 0.2) is 17.5 Å². The molecule has 11 amide bonds. The highest BCUT2D eigenvalue weighted by Gasteiger charge is 2.42. The number of carbonyl (C=O) groups excluding carboxylic acids is 11. The number of carbonyl (C=O) groups is 17. The van der Waals surface area contributed by atoms with Crippen molar-refractivity contribution >= 4 is 107 Å². The maximum atomic E-state index is 14.2. The number of guanidine groups is 1. The van der Waals surface area contributed by atoms with E-state index in [4.69, 9.17) is 22.3 Å². The van der Waals surface area contributed by atoms with Crippen molar-refractivity contribution in [2.24, 2.45) is 22.2 Å². The lowest BCUT2D eigenvalue weighted by atomic mass is 10.1. The number of carboxylic acid groups (broad SMARTS) is 6. The zero-order valence-electron chi connectivity index (χ0n) is 51.0. The van der Waals surface area contributed by atoms with E-state index in [1.54, 1.807) is 0 Å². The molecule has 0 radical (unpaired) electrons. The quantitative estimate of drug-likeness (QED) is 0.0164. The summed E-state index contributed by atoms with van der Waals surface area (Å²) in [6, 6.07) is -22.8. The molecule has 27 N–H and O–H groups in total. The van der Waals surface area contributed by atoms with E-state index in [1.807, 2.05) is 21.3 Å². The molecule has 0 bridgehead atoms. The Balaban J connectivity index is 2.34. The summed E-state index contributed by atoms with van der Waals surface area (Å²) in [7, 11) is 0.